The van der Waals surface area contributed by atoms with Gasteiger partial charge in [-0.25, -0.2) is 0 Å². The Morgan fingerprint density at radius 3 is 2.63 bits per heavy atom. The van der Waals surface area contributed by atoms with Crippen LogP contribution >= 0.6 is 35.6 Å². The molecule has 2 aromatic rings. The molecule has 2 bridgehead atoms. The lowest BCUT2D eigenvalue weighted by Gasteiger charge is -2.30. The van der Waals surface area contributed by atoms with Gasteiger partial charge in [0.25, 0.3) is 5.91 Å². The van der Waals surface area contributed by atoms with Crippen LogP contribution in [0.4, 0.5) is 0 Å². The van der Waals surface area contributed by atoms with E-state index in [1.54, 1.807) is 0 Å². The number of hydrogen-bond donors (Lipinski definition) is 0. The van der Waals surface area contributed by atoms with Crippen LogP contribution in [0.5, 0.6) is 0 Å². The van der Waals surface area contributed by atoms with Crippen molar-refractivity contribution in [1.82, 2.24) is 9.80 Å². The van der Waals surface area contributed by atoms with E-state index < -0.39 is 0 Å². The first-order valence-electron chi connectivity index (χ1n) is 14.0. The van der Waals surface area contributed by atoms with Crippen LogP contribution in [0.2, 0.25) is 5.02 Å². The molecule has 4 aliphatic rings. The number of fused-ring (bicyclic) bond motifs is 2. The molecule has 2 saturated carbocycles. The first-order valence-corrected chi connectivity index (χ1v) is 15.6. The van der Waals surface area contributed by atoms with Crippen molar-refractivity contribution in [2.24, 2.45) is 11.8 Å². The highest BCUT2D eigenvalue weighted by molar-refractivity contribution is 8.26. The van der Waals surface area contributed by atoms with Gasteiger partial charge in [-0.05, 0) is 92.8 Å². The number of thiocarbonyl (C=S) groups is 1. The summed E-state index contributed by atoms with van der Waals surface area (Å²) in [5, 5.41) is 0.699. The van der Waals surface area contributed by atoms with Gasteiger partial charge in [0.15, 0.2) is 0 Å². The van der Waals surface area contributed by atoms with Crippen molar-refractivity contribution in [3.05, 3.63) is 51.6 Å². The number of benzene rings is 1. The zero-order valence-electron chi connectivity index (χ0n) is 21.7. The van der Waals surface area contributed by atoms with E-state index in [4.69, 9.17) is 33.0 Å². The summed E-state index contributed by atoms with van der Waals surface area (Å²) in [6, 6.07) is 10.1. The largest absolute Gasteiger partial charge is 0.456 e. The molecule has 3 unspecified atom stereocenters. The Bertz CT molecular complexity index is 1200. The molecule has 8 heteroatoms. The van der Waals surface area contributed by atoms with E-state index in [0.717, 1.165) is 87.1 Å². The monoisotopic (exact) mass is 570 g/mol. The predicted octanol–water partition coefficient (Wildman–Crippen LogP) is 7.03. The Hall–Kier alpha value is -1.64. The zero-order valence-corrected chi connectivity index (χ0v) is 24.1. The van der Waals surface area contributed by atoms with Crippen molar-refractivity contribution < 1.29 is 13.9 Å². The van der Waals surface area contributed by atoms with E-state index in [1.807, 2.05) is 35.2 Å². The summed E-state index contributed by atoms with van der Waals surface area (Å²) in [5.41, 5.74) is 2.13. The van der Waals surface area contributed by atoms with Crippen molar-refractivity contribution in [2.45, 2.75) is 57.4 Å². The second-order valence-electron chi connectivity index (χ2n) is 11.1. The van der Waals surface area contributed by atoms with Crippen molar-refractivity contribution in [1.29, 1.82) is 0 Å². The average molecular weight is 571 g/mol. The molecule has 2 saturated heterocycles. The summed E-state index contributed by atoms with van der Waals surface area (Å²) in [5.74, 6) is 3.00. The quantitative estimate of drug-likeness (QED) is 0.183. The molecule has 3 atom stereocenters. The zero-order chi connectivity index (χ0) is 26.1. The van der Waals surface area contributed by atoms with E-state index in [1.165, 1.54) is 37.4 Å². The van der Waals surface area contributed by atoms with Crippen LogP contribution < -0.4 is 0 Å². The summed E-state index contributed by atoms with van der Waals surface area (Å²) in [6.07, 6.45) is 11.2. The van der Waals surface area contributed by atoms with Crippen molar-refractivity contribution in [2.75, 3.05) is 32.8 Å². The number of halogens is 1. The molecular weight excluding hydrogens is 536 g/mol. The maximum Gasteiger partial charge on any atom is 0.266 e. The fourth-order valence-corrected chi connectivity index (χ4v) is 8.05. The lowest BCUT2D eigenvalue weighted by atomic mass is 9.94. The van der Waals surface area contributed by atoms with Crippen LogP contribution in [-0.4, -0.2) is 58.9 Å². The lowest BCUT2D eigenvalue weighted by Crippen LogP contribution is -2.41. The van der Waals surface area contributed by atoms with Gasteiger partial charge in [0.1, 0.15) is 15.8 Å². The highest BCUT2D eigenvalue weighted by atomic mass is 35.5. The third-order valence-corrected chi connectivity index (χ3v) is 10.2. The normalized spacial score (nSPS) is 26.8. The molecule has 0 N–H and O–H groups in total. The Morgan fingerprint density at radius 1 is 1.08 bits per heavy atom. The fraction of sp³-hybridized carbons (Fsp3) is 0.533. The van der Waals surface area contributed by atoms with Crippen molar-refractivity contribution in [3.63, 3.8) is 0 Å². The number of amides is 1. The smallest absolute Gasteiger partial charge is 0.266 e. The van der Waals surface area contributed by atoms with Gasteiger partial charge < -0.3 is 9.15 Å². The molecule has 0 radical (unpaired) electrons. The molecule has 2 aliphatic heterocycles. The number of thioether (sulfide) groups is 1. The van der Waals surface area contributed by atoms with Gasteiger partial charge in [-0.1, -0.05) is 48.4 Å². The highest BCUT2D eigenvalue weighted by Crippen LogP contribution is 2.49. The van der Waals surface area contributed by atoms with E-state index in [9.17, 15) is 4.79 Å². The van der Waals surface area contributed by atoms with Crippen LogP contribution in [0.25, 0.3) is 17.4 Å². The van der Waals surface area contributed by atoms with Crippen molar-refractivity contribution in [3.8, 4) is 11.3 Å². The van der Waals surface area contributed by atoms with Gasteiger partial charge in [-0.2, -0.15) is 0 Å². The third-order valence-electron chi connectivity index (χ3n) is 8.61. The Morgan fingerprint density at radius 2 is 1.89 bits per heavy atom. The van der Waals surface area contributed by atoms with Crippen molar-refractivity contribution >= 4 is 51.9 Å². The molecular formula is C30H35ClN2O3S2. The number of rotatable bonds is 9. The van der Waals surface area contributed by atoms with Gasteiger partial charge >= 0.3 is 0 Å². The maximum atomic E-state index is 13.5. The summed E-state index contributed by atoms with van der Waals surface area (Å²) in [4.78, 5) is 18.6. The standard InChI is InChI=1S/C30H35ClN2O3S2/c31-24-9-7-21(8-10-24)26-18-23(4-2-1-3-11-32-12-14-35-15-13-32)27(36-26)19-28-29(34)33(30(37)38-28)25-17-20-5-6-22(25)16-20/h7-10,18-20,22,25H,1-6,11-17H2/b28-19-. The summed E-state index contributed by atoms with van der Waals surface area (Å²) in [6.45, 7) is 4.90. The molecule has 3 heterocycles. The number of morpholine rings is 1. The number of nitrogens with zero attached hydrogens (tertiary/aromatic N) is 2. The molecule has 1 aromatic heterocycles. The van der Waals surface area contributed by atoms with E-state index in [-0.39, 0.29) is 11.9 Å². The number of carbonyl (C=O) groups excluding carboxylic acids is 1. The van der Waals surface area contributed by atoms with Crippen LogP contribution in [-0.2, 0) is 16.0 Å². The SMILES string of the molecule is O=C1/C(=C/c2oc(-c3ccc(Cl)cc3)cc2CCCCCN2CCOCC2)SC(=S)N1C1CC2CCC1C2. The fourth-order valence-electron chi connectivity index (χ4n) is 6.58. The third kappa shape index (κ3) is 5.78. The minimum absolute atomic E-state index is 0.0541. The second-order valence-corrected chi connectivity index (χ2v) is 13.2. The van der Waals surface area contributed by atoms with Crippen LogP contribution in [0.1, 0.15) is 56.3 Å². The highest BCUT2D eigenvalue weighted by Gasteiger charge is 2.48. The summed E-state index contributed by atoms with van der Waals surface area (Å²) >= 11 is 13.3. The number of aryl methyl sites for hydroxylation is 1. The number of unbranched alkanes of at least 4 members (excludes halogenated alkanes) is 2. The minimum Gasteiger partial charge on any atom is -0.456 e. The van der Waals surface area contributed by atoms with E-state index >= 15 is 0 Å². The van der Waals surface area contributed by atoms with Crippen LogP contribution in [0.3, 0.4) is 0 Å². The van der Waals surface area contributed by atoms with E-state index in [0.29, 0.717) is 20.2 Å². The van der Waals surface area contributed by atoms with Gasteiger partial charge in [0, 0.05) is 35.8 Å². The van der Waals surface area contributed by atoms with E-state index in [2.05, 4.69) is 11.0 Å². The Balaban J connectivity index is 1.17. The topological polar surface area (TPSA) is 45.9 Å². The van der Waals surface area contributed by atoms with Gasteiger partial charge in [0.05, 0.1) is 18.1 Å². The molecule has 4 fully saturated rings. The Labute approximate surface area is 239 Å². The van der Waals surface area contributed by atoms with Crippen LogP contribution in [0.15, 0.2) is 39.7 Å². The molecule has 202 valence electrons. The van der Waals surface area contributed by atoms with Crippen LogP contribution in [0, 0.1) is 11.8 Å². The molecule has 38 heavy (non-hydrogen) atoms. The lowest BCUT2D eigenvalue weighted by molar-refractivity contribution is -0.124. The number of ether oxygens (including phenoxy) is 1. The first-order chi connectivity index (χ1) is 18.5. The molecule has 5 nitrogen and oxygen atoms in total. The number of carbonyl (C=O) groups is 1. The molecule has 1 aromatic carbocycles. The molecule has 2 aliphatic carbocycles. The maximum absolute atomic E-state index is 13.5. The Kier molecular flexibility index (Phi) is 8.29. The predicted molar refractivity (Wildman–Crippen MR) is 158 cm³/mol. The summed E-state index contributed by atoms with van der Waals surface area (Å²) < 4.78 is 12.5. The first kappa shape index (κ1) is 26.6. The summed E-state index contributed by atoms with van der Waals surface area (Å²) in [7, 11) is 0. The molecule has 6 rings (SSSR count). The molecule has 0 spiro atoms. The number of furan rings is 1. The minimum atomic E-state index is 0.0541. The van der Waals surface area contributed by atoms with Gasteiger partial charge in [0.2, 0.25) is 0 Å². The molecule has 1 amide bonds. The average Bonchev–Trinajstić information content (AvgIpc) is 3.70. The number of hydrogen-bond acceptors (Lipinski definition) is 6. The van der Waals surface area contributed by atoms with Gasteiger partial charge in [-0.15, -0.1) is 0 Å². The second kappa shape index (κ2) is 11.8. The van der Waals surface area contributed by atoms with Gasteiger partial charge in [-0.3, -0.25) is 14.6 Å².